The summed E-state index contributed by atoms with van der Waals surface area (Å²) in [6.45, 7) is -1.58. The zero-order valence-corrected chi connectivity index (χ0v) is 19.9. The van der Waals surface area contributed by atoms with Crippen LogP contribution in [0.3, 0.4) is 0 Å². The van der Waals surface area contributed by atoms with E-state index in [2.05, 4.69) is 25.7 Å². The molecule has 0 saturated carbocycles. The molecule has 5 rings (SSSR count). The highest BCUT2D eigenvalue weighted by Gasteiger charge is 2.47. The van der Waals surface area contributed by atoms with E-state index in [9.17, 15) is 21.6 Å². The number of aromatic nitrogens is 6. The molecular formula is C21H23F3N8O3S. The van der Waals surface area contributed by atoms with E-state index in [4.69, 9.17) is 6.11 Å². The minimum Gasteiger partial charge on any atom is -0.479 e. The van der Waals surface area contributed by atoms with Crippen molar-refractivity contribution in [3.63, 3.8) is 0 Å². The second-order valence-corrected chi connectivity index (χ2v) is 10.4. The third-order valence-corrected chi connectivity index (χ3v) is 7.32. The number of hydrogen-bond donors (Lipinski definition) is 1. The summed E-state index contributed by atoms with van der Waals surface area (Å²) in [6.07, 6.45) is 2.33. The first-order chi connectivity index (χ1) is 17.6. The Hall–Kier alpha value is -3.46. The summed E-state index contributed by atoms with van der Waals surface area (Å²) in [6, 6.07) is 5.63. The predicted octanol–water partition coefficient (Wildman–Crippen LogP) is 2.20. The molecule has 4 heterocycles. The molecule has 3 aromatic heterocycles. The zero-order chi connectivity index (χ0) is 26.4. The summed E-state index contributed by atoms with van der Waals surface area (Å²) < 4.78 is 82.4. The van der Waals surface area contributed by atoms with Gasteiger partial charge in [0.05, 0.1) is 39.4 Å². The number of alkyl halides is 3. The lowest BCUT2D eigenvalue weighted by molar-refractivity contribution is -0.0541. The van der Waals surface area contributed by atoms with Gasteiger partial charge >= 0.3 is 0 Å². The minimum absolute atomic E-state index is 0.000115. The van der Waals surface area contributed by atoms with Crippen LogP contribution >= 0.6 is 0 Å². The number of sulfonamides is 1. The SMILES string of the molecule is [2H]COc1nc(N[C@@H]2CCN(S(C)(=O)=O)CC2(F)F)nn2ccc(-c3ccc4nnn(CCF)c4c3)c12. The summed E-state index contributed by atoms with van der Waals surface area (Å²) in [5.74, 6) is -3.53. The molecule has 15 heteroatoms. The molecule has 11 nitrogen and oxygen atoms in total. The summed E-state index contributed by atoms with van der Waals surface area (Å²) in [4.78, 5) is 4.25. The summed E-state index contributed by atoms with van der Waals surface area (Å²) in [5, 5.41) is 14.9. The summed E-state index contributed by atoms with van der Waals surface area (Å²) in [7, 11) is -4.23. The average Bonchev–Trinajstić information content (AvgIpc) is 3.44. The fraction of sp³-hybridized carbons (Fsp3) is 0.429. The number of hydrogen-bond acceptors (Lipinski definition) is 8. The summed E-state index contributed by atoms with van der Waals surface area (Å²) in [5.41, 5.74) is 2.96. The number of nitrogens with one attached hydrogen (secondary N) is 1. The van der Waals surface area contributed by atoms with E-state index >= 15 is 0 Å². The largest absolute Gasteiger partial charge is 0.479 e. The highest BCUT2D eigenvalue weighted by Crippen LogP contribution is 2.34. The van der Waals surface area contributed by atoms with Crippen LogP contribution in [0.15, 0.2) is 30.5 Å². The third-order valence-electron chi connectivity index (χ3n) is 6.07. The van der Waals surface area contributed by atoms with Crippen LogP contribution in [-0.2, 0) is 16.6 Å². The second kappa shape index (κ2) is 8.89. The number of ether oxygens (including phenoxy) is 1. The first kappa shape index (κ1) is 23.0. The monoisotopic (exact) mass is 525 g/mol. The van der Waals surface area contributed by atoms with Gasteiger partial charge in [-0.25, -0.2) is 30.8 Å². The van der Waals surface area contributed by atoms with Crippen LogP contribution in [0.1, 0.15) is 7.79 Å². The number of rotatable bonds is 7. The number of anilines is 1. The molecule has 1 fully saturated rings. The molecule has 192 valence electrons. The fourth-order valence-electron chi connectivity index (χ4n) is 4.29. The molecule has 0 aliphatic carbocycles. The van der Waals surface area contributed by atoms with Crippen LogP contribution in [0.4, 0.5) is 19.1 Å². The molecule has 0 bridgehead atoms. The minimum atomic E-state index is -3.75. The highest BCUT2D eigenvalue weighted by molar-refractivity contribution is 7.88. The summed E-state index contributed by atoms with van der Waals surface area (Å²) >= 11 is 0. The van der Waals surface area contributed by atoms with Crippen molar-refractivity contribution >= 4 is 32.5 Å². The third kappa shape index (κ3) is 4.32. The molecule has 0 unspecified atom stereocenters. The molecule has 36 heavy (non-hydrogen) atoms. The number of benzene rings is 1. The van der Waals surface area contributed by atoms with Gasteiger partial charge < -0.3 is 10.1 Å². The van der Waals surface area contributed by atoms with Crippen molar-refractivity contribution in [1.82, 2.24) is 33.9 Å². The lowest BCUT2D eigenvalue weighted by Gasteiger charge is -2.37. The highest BCUT2D eigenvalue weighted by atomic mass is 32.2. The molecule has 1 N–H and O–H groups in total. The standard InChI is InChI=1S/C21H23F3N8O3S/c1-35-19-18-14(13-3-4-15-16(11-13)31(10-7-22)29-27-15)5-9-32(18)28-20(26-19)25-17-6-8-30(36(2,33)34)12-21(17,23)24/h3-5,9,11,17H,6-8,10,12H2,1-2H3,(H,25,28)/t17-/m1/s1/i1D. The van der Waals surface area contributed by atoms with E-state index < -0.39 is 42.3 Å². The van der Waals surface area contributed by atoms with Crippen molar-refractivity contribution < 1.29 is 27.7 Å². The van der Waals surface area contributed by atoms with Crippen molar-refractivity contribution in [2.24, 2.45) is 0 Å². The Bertz CT molecular complexity index is 1560. The molecule has 1 aliphatic rings. The molecular weight excluding hydrogens is 501 g/mol. The van der Waals surface area contributed by atoms with Crippen LogP contribution in [0.25, 0.3) is 27.7 Å². The van der Waals surface area contributed by atoms with Crippen LogP contribution in [0, 0.1) is 0 Å². The van der Waals surface area contributed by atoms with Gasteiger partial charge in [0.15, 0.2) is 0 Å². The molecule has 1 aromatic carbocycles. The van der Waals surface area contributed by atoms with Gasteiger partial charge in [0.25, 0.3) is 5.92 Å². The predicted molar refractivity (Wildman–Crippen MR) is 125 cm³/mol. The van der Waals surface area contributed by atoms with Crippen molar-refractivity contribution in [3.05, 3.63) is 30.5 Å². The van der Waals surface area contributed by atoms with Crippen molar-refractivity contribution in [1.29, 1.82) is 0 Å². The van der Waals surface area contributed by atoms with Gasteiger partial charge in [-0.3, -0.25) is 0 Å². The van der Waals surface area contributed by atoms with Gasteiger partial charge in [0, 0.05) is 18.3 Å². The van der Waals surface area contributed by atoms with Gasteiger partial charge in [0.1, 0.15) is 17.7 Å². The zero-order valence-electron chi connectivity index (χ0n) is 20.1. The topological polar surface area (TPSA) is 120 Å². The Morgan fingerprint density at radius 2 is 2.17 bits per heavy atom. The van der Waals surface area contributed by atoms with Gasteiger partial charge in [-0.05, 0) is 30.2 Å². The molecule has 0 amide bonds. The maximum absolute atomic E-state index is 14.8. The Kier molecular flexibility index (Phi) is 5.67. The molecule has 1 saturated heterocycles. The lowest BCUT2D eigenvalue weighted by Crippen LogP contribution is -2.55. The maximum atomic E-state index is 14.8. The fourth-order valence-corrected chi connectivity index (χ4v) is 5.13. The smallest absolute Gasteiger partial charge is 0.281 e. The number of halogens is 3. The van der Waals surface area contributed by atoms with Crippen LogP contribution in [0.2, 0.25) is 0 Å². The molecule has 1 atom stereocenters. The van der Waals surface area contributed by atoms with E-state index in [0.717, 1.165) is 10.6 Å². The lowest BCUT2D eigenvalue weighted by atomic mass is 10.0. The van der Waals surface area contributed by atoms with Crippen molar-refractivity contribution in [2.75, 3.05) is 38.4 Å². The number of methoxy groups -OCH3 is 1. The van der Waals surface area contributed by atoms with Crippen molar-refractivity contribution in [2.45, 2.75) is 24.9 Å². The number of aryl methyl sites for hydroxylation is 1. The first-order valence-corrected chi connectivity index (χ1v) is 12.8. The van der Waals surface area contributed by atoms with E-state index in [0.29, 0.717) is 27.7 Å². The Morgan fingerprint density at radius 1 is 1.33 bits per heavy atom. The van der Waals surface area contributed by atoms with Crippen LogP contribution in [-0.4, -0.2) is 87.4 Å². The number of fused-ring (bicyclic) bond motifs is 2. The van der Waals surface area contributed by atoms with Gasteiger partial charge in [-0.1, -0.05) is 11.3 Å². The number of piperidine rings is 1. The molecule has 4 aromatic rings. The molecule has 0 radical (unpaired) electrons. The quantitative estimate of drug-likeness (QED) is 0.390. The second-order valence-electron chi connectivity index (χ2n) is 8.46. The number of nitrogens with zero attached hydrogens (tertiary/aromatic N) is 7. The molecule has 1 aliphatic heterocycles. The van der Waals surface area contributed by atoms with E-state index in [1.165, 1.54) is 9.20 Å². The van der Waals surface area contributed by atoms with E-state index in [1.807, 2.05) is 0 Å². The van der Waals surface area contributed by atoms with Crippen molar-refractivity contribution in [3.8, 4) is 17.0 Å². The van der Waals surface area contributed by atoms with Crippen LogP contribution < -0.4 is 10.1 Å². The van der Waals surface area contributed by atoms with Crippen LogP contribution in [0.5, 0.6) is 5.88 Å². The normalized spacial score (nSPS) is 19.0. The first-order valence-electron chi connectivity index (χ1n) is 11.6. The Labute approximate surface area is 205 Å². The van der Waals surface area contributed by atoms with E-state index in [1.54, 1.807) is 30.5 Å². The Morgan fingerprint density at radius 3 is 2.89 bits per heavy atom. The molecule has 0 spiro atoms. The Balaban J connectivity index is 1.50. The average molecular weight is 526 g/mol. The van der Waals surface area contributed by atoms with Gasteiger partial charge in [-0.2, -0.15) is 9.29 Å². The van der Waals surface area contributed by atoms with E-state index in [-0.39, 0.29) is 31.3 Å². The van der Waals surface area contributed by atoms with Gasteiger partial charge in [0.2, 0.25) is 21.9 Å². The maximum Gasteiger partial charge on any atom is 0.281 e. The van der Waals surface area contributed by atoms with Gasteiger partial charge in [-0.15, -0.1) is 10.2 Å².